The highest BCUT2D eigenvalue weighted by atomic mass is 32.2. The Morgan fingerprint density at radius 1 is 1.40 bits per heavy atom. The third kappa shape index (κ3) is 1.55. The van der Waals surface area contributed by atoms with Gasteiger partial charge in [0.2, 0.25) is 0 Å². The molecule has 0 aromatic carbocycles. The van der Waals surface area contributed by atoms with Gasteiger partial charge in [-0.05, 0) is 19.4 Å². The second-order valence-electron chi connectivity index (χ2n) is 4.49. The Balaban J connectivity index is 2.36. The molecule has 6 heteroatoms. The Morgan fingerprint density at radius 2 is 2.13 bits per heavy atom. The third-order valence-electron chi connectivity index (χ3n) is 3.54. The average Bonchev–Trinajstić information content (AvgIpc) is 2.72. The quantitative estimate of drug-likeness (QED) is 0.605. The standard InChI is InChI=1S/C9H14N2O3S/c10-5-8(2-4-15(13,14)7-8)9(12)1-3-11-6-9/h11-12H,1-4,6-7H2. The Labute approximate surface area is 89.0 Å². The Kier molecular flexibility index (Phi) is 2.30. The van der Waals surface area contributed by atoms with E-state index in [4.69, 9.17) is 0 Å². The van der Waals surface area contributed by atoms with E-state index in [0.29, 0.717) is 19.5 Å². The Morgan fingerprint density at radius 3 is 2.53 bits per heavy atom. The van der Waals surface area contributed by atoms with E-state index in [0.717, 1.165) is 0 Å². The van der Waals surface area contributed by atoms with E-state index in [-0.39, 0.29) is 17.9 Å². The molecule has 2 unspecified atom stereocenters. The van der Waals surface area contributed by atoms with E-state index in [1.54, 1.807) is 0 Å². The molecule has 2 atom stereocenters. The fourth-order valence-corrected chi connectivity index (χ4v) is 4.53. The topological polar surface area (TPSA) is 90.2 Å². The zero-order valence-corrected chi connectivity index (χ0v) is 9.18. The number of nitriles is 1. The lowest BCUT2D eigenvalue weighted by Gasteiger charge is -2.35. The van der Waals surface area contributed by atoms with Gasteiger partial charge in [-0.1, -0.05) is 0 Å². The maximum atomic E-state index is 11.4. The highest BCUT2D eigenvalue weighted by Crippen LogP contribution is 2.44. The van der Waals surface area contributed by atoms with E-state index < -0.39 is 20.9 Å². The minimum absolute atomic E-state index is 0.0167. The molecule has 2 rings (SSSR count). The van der Waals surface area contributed by atoms with Crippen molar-refractivity contribution >= 4 is 9.84 Å². The van der Waals surface area contributed by atoms with E-state index in [9.17, 15) is 18.8 Å². The number of rotatable bonds is 1. The first-order valence-corrected chi connectivity index (χ1v) is 6.80. The van der Waals surface area contributed by atoms with Gasteiger partial charge < -0.3 is 10.4 Å². The summed E-state index contributed by atoms with van der Waals surface area (Å²) >= 11 is 0. The summed E-state index contributed by atoms with van der Waals surface area (Å²) in [5.74, 6) is -0.183. The van der Waals surface area contributed by atoms with Crippen molar-refractivity contribution in [3.63, 3.8) is 0 Å². The molecule has 0 amide bonds. The van der Waals surface area contributed by atoms with Crippen LogP contribution in [0.2, 0.25) is 0 Å². The number of sulfone groups is 1. The molecule has 2 saturated heterocycles. The zero-order chi connectivity index (χ0) is 11.2. The number of nitrogens with one attached hydrogen (secondary N) is 1. The van der Waals surface area contributed by atoms with Crippen LogP contribution in [-0.4, -0.2) is 43.7 Å². The summed E-state index contributed by atoms with van der Waals surface area (Å²) in [5, 5.41) is 22.5. The molecule has 5 nitrogen and oxygen atoms in total. The summed E-state index contributed by atoms with van der Waals surface area (Å²) < 4.78 is 22.8. The van der Waals surface area contributed by atoms with Gasteiger partial charge >= 0.3 is 0 Å². The summed E-state index contributed by atoms with van der Waals surface area (Å²) in [6, 6.07) is 2.05. The van der Waals surface area contributed by atoms with Gasteiger partial charge in [-0.25, -0.2) is 8.42 Å². The largest absolute Gasteiger partial charge is 0.387 e. The van der Waals surface area contributed by atoms with Crippen LogP contribution in [0.15, 0.2) is 0 Å². The molecule has 0 aromatic rings. The summed E-state index contributed by atoms with van der Waals surface area (Å²) in [6.07, 6.45) is 0.708. The molecule has 0 aliphatic carbocycles. The van der Waals surface area contributed by atoms with E-state index in [1.165, 1.54) is 0 Å². The van der Waals surface area contributed by atoms with Gasteiger partial charge in [0.15, 0.2) is 9.84 Å². The average molecular weight is 230 g/mol. The molecule has 2 N–H and O–H groups in total. The molecule has 2 heterocycles. The van der Waals surface area contributed by atoms with Gasteiger partial charge in [0.25, 0.3) is 0 Å². The molecule has 2 fully saturated rings. The lowest BCUT2D eigenvalue weighted by molar-refractivity contribution is -0.0251. The van der Waals surface area contributed by atoms with Crippen LogP contribution in [0, 0.1) is 16.7 Å². The molecular weight excluding hydrogens is 216 g/mol. The maximum Gasteiger partial charge on any atom is 0.152 e. The number of nitrogens with zero attached hydrogens (tertiary/aromatic N) is 1. The van der Waals surface area contributed by atoms with Crippen LogP contribution in [0.1, 0.15) is 12.8 Å². The van der Waals surface area contributed by atoms with Crippen molar-refractivity contribution < 1.29 is 13.5 Å². The molecule has 0 radical (unpaired) electrons. The molecule has 0 bridgehead atoms. The van der Waals surface area contributed by atoms with Crippen LogP contribution in [0.25, 0.3) is 0 Å². The Hall–Kier alpha value is -0.640. The normalized spacial score (nSPS) is 44.0. The lowest BCUT2D eigenvalue weighted by Crippen LogP contribution is -2.50. The van der Waals surface area contributed by atoms with Crippen LogP contribution < -0.4 is 5.32 Å². The molecular formula is C9H14N2O3S. The smallest absolute Gasteiger partial charge is 0.152 e. The first kappa shape index (κ1) is 10.9. The summed E-state index contributed by atoms with van der Waals surface area (Å²) in [4.78, 5) is 0. The maximum absolute atomic E-state index is 11.4. The van der Waals surface area contributed by atoms with Crippen LogP contribution in [-0.2, 0) is 9.84 Å². The Bertz CT molecular complexity index is 406. The van der Waals surface area contributed by atoms with E-state index in [1.807, 2.05) is 6.07 Å². The van der Waals surface area contributed by atoms with Crippen molar-refractivity contribution in [3.05, 3.63) is 0 Å². The SMILES string of the molecule is N#CC1(C2(O)CCNC2)CCS(=O)(=O)C1. The molecule has 2 aliphatic heterocycles. The lowest BCUT2D eigenvalue weighted by atomic mass is 9.72. The van der Waals surface area contributed by atoms with Gasteiger partial charge in [-0.15, -0.1) is 0 Å². The summed E-state index contributed by atoms with van der Waals surface area (Å²) in [6.45, 7) is 0.954. The number of hydrogen-bond donors (Lipinski definition) is 2. The molecule has 84 valence electrons. The predicted molar refractivity (Wildman–Crippen MR) is 53.8 cm³/mol. The molecule has 0 spiro atoms. The first-order valence-electron chi connectivity index (χ1n) is 4.98. The summed E-state index contributed by atoms with van der Waals surface area (Å²) in [7, 11) is -3.15. The molecule has 0 saturated carbocycles. The van der Waals surface area contributed by atoms with Gasteiger partial charge in [0, 0.05) is 6.54 Å². The second-order valence-corrected chi connectivity index (χ2v) is 6.68. The van der Waals surface area contributed by atoms with Crippen LogP contribution in [0.4, 0.5) is 0 Å². The van der Waals surface area contributed by atoms with Gasteiger partial charge in [0.1, 0.15) is 5.41 Å². The monoisotopic (exact) mass is 230 g/mol. The van der Waals surface area contributed by atoms with Crippen molar-refractivity contribution in [3.8, 4) is 6.07 Å². The fourth-order valence-electron chi connectivity index (χ4n) is 2.50. The predicted octanol–water partition coefficient (Wildman–Crippen LogP) is -0.961. The van der Waals surface area contributed by atoms with Crippen molar-refractivity contribution in [2.45, 2.75) is 18.4 Å². The van der Waals surface area contributed by atoms with Crippen molar-refractivity contribution in [2.24, 2.45) is 5.41 Å². The molecule has 2 aliphatic rings. The van der Waals surface area contributed by atoms with Crippen LogP contribution in [0.3, 0.4) is 0 Å². The highest BCUT2D eigenvalue weighted by molar-refractivity contribution is 7.91. The second kappa shape index (κ2) is 3.17. The highest BCUT2D eigenvalue weighted by Gasteiger charge is 2.57. The van der Waals surface area contributed by atoms with Gasteiger partial charge in [0.05, 0.1) is 23.2 Å². The first-order chi connectivity index (χ1) is 6.93. The molecule has 15 heavy (non-hydrogen) atoms. The minimum atomic E-state index is -3.15. The van der Waals surface area contributed by atoms with Gasteiger partial charge in [-0.3, -0.25) is 0 Å². The van der Waals surface area contributed by atoms with E-state index in [2.05, 4.69) is 5.32 Å². The fraction of sp³-hybridized carbons (Fsp3) is 0.889. The number of β-amino-alcohol motifs (C(OH)–C–C–N with tert-alkyl or cyclic N) is 1. The van der Waals surface area contributed by atoms with Crippen molar-refractivity contribution in [2.75, 3.05) is 24.6 Å². The van der Waals surface area contributed by atoms with Gasteiger partial charge in [-0.2, -0.15) is 5.26 Å². The third-order valence-corrected chi connectivity index (χ3v) is 5.30. The van der Waals surface area contributed by atoms with Crippen LogP contribution >= 0.6 is 0 Å². The molecule has 0 aromatic heterocycles. The van der Waals surface area contributed by atoms with Crippen molar-refractivity contribution in [1.82, 2.24) is 5.32 Å². The number of hydrogen-bond acceptors (Lipinski definition) is 5. The minimum Gasteiger partial charge on any atom is -0.387 e. The zero-order valence-electron chi connectivity index (χ0n) is 8.36. The van der Waals surface area contributed by atoms with Crippen LogP contribution in [0.5, 0.6) is 0 Å². The van der Waals surface area contributed by atoms with E-state index >= 15 is 0 Å². The number of aliphatic hydroxyl groups is 1. The summed E-state index contributed by atoms with van der Waals surface area (Å²) in [5.41, 5.74) is -2.28. The van der Waals surface area contributed by atoms with Crippen molar-refractivity contribution in [1.29, 1.82) is 5.26 Å².